The van der Waals surface area contributed by atoms with E-state index in [0.717, 1.165) is 4.90 Å². The van der Waals surface area contributed by atoms with Crippen molar-refractivity contribution in [3.05, 3.63) is 0 Å². The predicted molar refractivity (Wildman–Crippen MR) is 317 cm³/mol. The molecule has 23 heteroatoms. The molecular weight excluding hydrogens is 1050 g/mol. The number of nitrogens with zero attached hydrogens (tertiary/aromatic N) is 7. The Balaban J connectivity index is 4.20. The quantitative estimate of drug-likeness (QED) is 0.158. The fourth-order valence-corrected chi connectivity index (χ4v) is 10.3. The van der Waals surface area contributed by atoms with E-state index in [4.69, 9.17) is 5.73 Å². The number of hydrogen-bond acceptors (Lipinski definition) is 12. The lowest BCUT2D eigenvalue weighted by Gasteiger charge is -2.40. The smallest absolute Gasteiger partial charge is 0.245 e. The van der Waals surface area contributed by atoms with Crippen LogP contribution in [0, 0.1) is 35.5 Å². The molecule has 1 aliphatic rings. The van der Waals surface area contributed by atoms with E-state index in [0.29, 0.717) is 13.0 Å². The van der Waals surface area contributed by atoms with Gasteiger partial charge in [0.2, 0.25) is 65.0 Å². The molecule has 0 aromatic rings. The first-order chi connectivity index (χ1) is 37.9. The van der Waals surface area contributed by atoms with E-state index in [2.05, 4.69) is 21.3 Å². The number of carbonyl (C=O) groups is 11. The van der Waals surface area contributed by atoms with Gasteiger partial charge in [0.25, 0.3) is 0 Å². The highest BCUT2D eigenvalue weighted by atomic mass is 16.2. The summed E-state index contributed by atoms with van der Waals surface area (Å²) < 4.78 is 0. The van der Waals surface area contributed by atoms with E-state index in [-0.39, 0.29) is 74.5 Å². The molecular formula is C59H108N12O11. The summed E-state index contributed by atoms with van der Waals surface area (Å²) >= 11 is 0. The van der Waals surface area contributed by atoms with Crippen molar-refractivity contribution in [3.63, 3.8) is 0 Å². The van der Waals surface area contributed by atoms with Crippen LogP contribution in [-0.4, -0.2) is 222 Å². The summed E-state index contributed by atoms with van der Waals surface area (Å²) in [6, 6.07) is -11.4. The highest BCUT2D eigenvalue weighted by Gasteiger charge is 2.43. The van der Waals surface area contributed by atoms with Gasteiger partial charge in [-0.25, -0.2) is 0 Å². The van der Waals surface area contributed by atoms with Gasteiger partial charge in [0.15, 0.2) is 0 Å². The van der Waals surface area contributed by atoms with Crippen LogP contribution in [0.25, 0.3) is 0 Å². The van der Waals surface area contributed by atoms with Crippen molar-refractivity contribution >= 4 is 65.0 Å². The van der Waals surface area contributed by atoms with Gasteiger partial charge in [-0.1, -0.05) is 90.0 Å². The number of rotatable bonds is 15. The first kappa shape index (κ1) is 74.1. The molecule has 11 amide bonds. The lowest BCUT2D eigenvalue weighted by Crippen LogP contribution is -2.61. The Bertz CT molecular complexity index is 2190. The van der Waals surface area contributed by atoms with Crippen LogP contribution in [0.5, 0.6) is 0 Å². The minimum Gasteiger partial charge on any atom is -0.343 e. The van der Waals surface area contributed by atoms with Gasteiger partial charge < -0.3 is 61.3 Å². The summed E-state index contributed by atoms with van der Waals surface area (Å²) in [6.07, 6.45) is 1.61. The van der Waals surface area contributed by atoms with Gasteiger partial charge in [-0.05, 0) is 107 Å². The minimum absolute atomic E-state index is 0.103. The lowest BCUT2D eigenvalue weighted by atomic mass is 9.95. The van der Waals surface area contributed by atoms with Crippen molar-refractivity contribution < 1.29 is 52.7 Å². The second-order valence-electron chi connectivity index (χ2n) is 25.0. The van der Waals surface area contributed by atoms with Crippen LogP contribution in [0.1, 0.15) is 155 Å². The Morgan fingerprint density at radius 1 is 0.415 bits per heavy atom. The summed E-state index contributed by atoms with van der Waals surface area (Å²) in [5, 5.41) is 11.1. The molecule has 470 valence electrons. The second-order valence-corrected chi connectivity index (χ2v) is 25.0. The molecule has 0 aromatic heterocycles. The molecule has 23 nitrogen and oxygen atoms in total. The molecule has 0 unspecified atom stereocenters. The molecule has 11 atom stereocenters. The Kier molecular flexibility index (Phi) is 30.8. The summed E-state index contributed by atoms with van der Waals surface area (Å²) in [6.45, 7) is 26.5. The highest BCUT2D eigenvalue weighted by molar-refractivity contribution is 5.99. The molecule has 0 bridgehead atoms. The van der Waals surface area contributed by atoms with Crippen LogP contribution < -0.4 is 27.0 Å². The molecule has 1 fully saturated rings. The molecule has 1 heterocycles. The van der Waals surface area contributed by atoms with Crippen LogP contribution >= 0.6 is 0 Å². The third-order valence-corrected chi connectivity index (χ3v) is 15.6. The average Bonchev–Trinajstić information content (AvgIpc) is 3.43. The zero-order valence-corrected chi connectivity index (χ0v) is 54.0. The zero-order chi connectivity index (χ0) is 63.5. The summed E-state index contributed by atoms with van der Waals surface area (Å²) in [5.74, 6) is -7.91. The standard InChI is InChI=1S/C59H108N12O11/c1-23-41-55(78)65(16)32-48(72)66(17)43(27-33(3)4)53(76)64-49(37(11)12)59(82)69(20)44(28-34(5)6)51(74)61-39(14)50(73)62-40(15)54(77)70(21)46(29-35(7)8)58(81)71(22)47(30-36(9)10)57(80)67(18)42(24-2)56(79)68(19)45(52(75)63-41)31-38(13)25-26-60/h33-47,49H,23-32,60H2,1-22H3,(H,61,74)(H,62,73)(H,63,75)(H,64,76)/t38-,39+,40-,41+,42+,43+,44+,45+,46+,47+,49+/m1/s1. The first-order valence-corrected chi connectivity index (χ1v) is 29.7. The fraction of sp³-hybridized carbons (Fsp3) is 0.814. The van der Waals surface area contributed by atoms with Gasteiger partial charge in [0.05, 0.1) is 6.54 Å². The normalized spacial score (nSPS) is 26.9. The summed E-state index contributed by atoms with van der Waals surface area (Å²) in [7, 11) is 10.2. The Hall–Kier alpha value is -5.87. The van der Waals surface area contributed by atoms with E-state index in [1.165, 1.54) is 92.6 Å². The van der Waals surface area contributed by atoms with Gasteiger partial charge in [-0.2, -0.15) is 0 Å². The number of nitrogens with two attached hydrogens (primary N) is 1. The molecule has 0 aliphatic carbocycles. The van der Waals surface area contributed by atoms with Crippen molar-refractivity contribution in [2.75, 3.05) is 62.4 Å². The predicted octanol–water partition coefficient (Wildman–Crippen LogP) is 2.43. The Morgan fingerprint density at radius 3 is 1.22 bits per heavy atom. The molecule has 1 rings (SSSR count). The van der Waals surface area contributed by atoms with E-state index in [9.17, 15) is 52.7 Å². The maximum absolute atomic E-state index is 14.9. The Labute approximate surface area is 491 Å². The molecule has 1 aliphatic heterocycles. The zero-order valence-electron chi connectivity index (χ0n) is 54.0. The number of amides is 11. The van der Waals surface area contributed by atoms with E-state index >= 15 is 0 Å². The maximum atomic E-state index is 14.9. The van der Waals surface area contributed by atoms with Crippen molar-refractivity contribution in [3.8, 4) is 0 Å². The van der Waals surface area contributed by atoms with Gasteiger partial charge in [0.1, 0.15) is 60.4 Å². The molecule has 0 spiro atoms. The molecule has 0 aromatic carbocycles. The average molecular weight is 1160 g/mol. The van der Waals surface area contributed by atoms with Crippen molar-refractivity contribution in [1.82, 2.24) is 55.6 Å². The largest absolute Gasteiger partial charge is 0.343 e. The van der Waals surface area contributed by atoms with Gasteiger partial charge in [-0.3, -0.25) is 52.7 Å². The summed E-state index contributed by atoms with van der Waals surface area (Å²) in [4.78, 5) is 168. The fourth-order valence-electron chi connectivity index (χ4n) is 10.3. The van der Waals surface area contributed by atoms with E-state index in [1.807, 2.05) is 62.3 Å². The topological polar surface area (TPSA) is 285 Å². The van der Waals surface area contributed by atoms with Crippen LogP contribution in [0.2, 0.25) is 0 Å². The van der Waals surface area contributed by atoms with Gasteiger partial charge >= 0.3 is 0 Å². The molecule has 1 saturated heterocycles. The molecule has 0 radical (unpaired) electrons. The summed E-state index contributed by atoms with van der Waals surface area (Å²) in [5.41, 5.74) is 5.94. The van der Waals surface area contributed by atoms with E-state index in [1.54, 1.807) is 27.7 Å². The Morgan fingerprint density at radius 2 is 0.780 bits per heavy atom. The lowest BCUT2D eigenvalue weighted by molar-refractivity contribution is -0.155. The molecule has 82 heavy (non-hydrogen) atoms. The van der Waals surface area contributed by atoms with Gasteiger partial charge in [-0.15, -0.1) is 0 Å². The third-order valence-electron chi connectivity index (χ3n) is 15.6. The maximum Gasteiger partial charge on any atom is 0.245 e. The van der Waals surface area contributed by atoms with E-state index < -0.39 is 138 Å². The SMILES string of the molecule is CC[C@@H]1NC(=O)[C@H](C[C@H](C)CCN)N(C)C(=O)[C@H](CC)N(C)C(=O)[C@H](CC(C)C)N(C)C(=O)[C@H](CC(C)C)N(C)C(=O)[C@@H](C)NC(=O)[C@H](C)NC(=O)[C@H](CC(C)C)N(C)C(=O)[C@H](C(C)C)NC(=O)[C@H](CC(C)C)N(C)C(=O)CN(C)C1=O. The third kappa shape index (κ3) is 21.1. The van der Waals surface area contributed by atoms with Crippen LogP contribution in [-0.2, 0) is 52.7 Å². The number of likely N-dealkylation sites (N-methyl/N-ethyl adjacent to an activating group) is 7. The molecule has 6 N–H and O–H groups in total. The molecule has 0 saturated carbocycles. The first-order valence-electron chi connectivity index (χ1n) is 29.7. The number of hydrogen-bond donors (Lipinski definition) is 5. The van der Waals surface area contributed by atoms with Crippen molar-refractivity contribution in [2.45, 2.75) is 216 Å². The number of nitrogens with one attached hydrogen (secondary N) is 4. The van der Waals surface area contributed by atoms with Crippen molar-refractivity contribution in [1.29, 1.82) is 0 Å². The van der Waals surface area contributed by atoms with Crippen molar-refractivity contribution in [2.24, 2.45) is 41.2 Å². The van der Waals surface area contributed by atoms with Crippen LogP contribution in [0.3, 0.4) is 0 Å². The van der Waals surface area contributed by atoms with Crippen LogP contribution in [0.4, 0.5) is 0 Å². The highest BCUT2D eigenvalue weighted by Crippen LogP contribution is 2.24. The monoisotopic (exact) mass is 1160 g/mol. The van der Waals surface area contributed by atoms with Gasteiger partial charge in [0, 0.05) is 49.3 Å². The second kappa shape index (κ2) is 34.0. The minimum atomic E-state index is -1.21. The van der Waals surface area contributed by atoms with Crippen LogP contribution in [0.15, 0.2) is 0 Å². The number of carbonyl (C=O) groups excluding carboxylic acids is 11.